The van der Waals surface area contributed by atoms with Crippen LogP contribution in [-0.4, -0.2) is 68.2 Å². The molecular weight excluding hydrogens is 444 g/mol. The summed E-state index contributed by atoms with van der Waals surface area (Å²) < 4.78 is 39.1. The molecule has 3 rings (SSSR count). The van der Waals surface area contributed by atoms with E-state index < -0.39 is 15.7 Å². The highest BCUT2D eigenvalue weighted by atomic mass is 32.2. The van der Waals surface area contributed by atoms with Gasteiger partial charge in [0, 0.05) is 37.2 Å². The summed E-state index contributed by atoms with van der Waals surface area (Å²) in [6.45, 7) is 3.05. The van der Waals surface area contributed by atoms with Gasteiger partial charge in [-0.1, -0.05) is 17.3 Å². The number of nitrogens with one attached hydrogen (secondary N) is 1. The number of aromatic nitrogens is 2. The first-order valence-corrected chi connectivity index (χ1v) is 12.1. The monoisotopic (exact) mass is 468 g/mol. The summed E-state index contributed by atoms with van der Waals surface area (Å²) in [5, 5.41) is 7.02. The van der Waals surface area contributed by atoms with Crippen LogP contribution in [0.15, 0.2) is 34.3 Å². The highest BCUT2D eigenvalue weighted by Crippen LogP contribution is 2.17. The van der Waals surface area contributed by atoms with Gasteiger partial charge in [-0.2, -0.15) is 4.37 Å². The lowest BCUT2D eigenvalue weighted by Gasteiger charge is -2.10. The predicted octanol–water partition coefficient (Wildman–Crippen LogP) is 1.81. The molecule has 0 radical (unpaired) electrons. The zero-order valence-corrected chi connectivity index (χ0v) is 18.9. The van der Waals surface area contributed by atoms with Crippen LogP contribution in [0.2, 0.25) is 0 Å². The highest BCUT2D eigenvalue weighted by molar-refractivity contribution is 7.91. The summed E-state index contributed by atoms with van der Waals surface area (Å²) in [6, 6.07) is 5.96. The first-order chi connectivity index (χ1) is 14.9. The zero-order chi connectivity index (χ0) is 22.3. The number of methoxy groups -OCH3 is 1. The van der Waals surface area contributed by atoms with Gasteiger partial charge < -0.3 is 14.3 Å². The van der Waals surface area contributed by atoms with Crippen LogP contribution < -0.4 is 5.32 Å². The van der Waals surface area contributed by atoms with E-state index >= 15 is 0 Å². The Bertz CT molecular complexity index is 1010. The fraction of sp³-hybridized carbons (Fsp3) is 0.474. The second-order valence-electron chi connectivity index (χ2n) is 6.82. The first-order valence-electron chi connectivity index (χ1n) is 9.64. The molecule has 0 spiro atoms. The number of sulfone groups is 1. The molecule has 0 unspecified atom stereocenters. The van der Waals surface area contributed by atoms with Gasteiger partial charge in [0.15, 0.2) is 21.7 Å². The van der Waals surface area contributed by atoms with Crippen molar-refractivity contribution in [3.05, 3.63) is 35.7 Å². The third kappa shape index (κ3) is 6.53. The molecule has 1 fully saturated rings. The molecule has 168 valence electrons. The number of hydrogen-bond acceptors (Lipinski definition) is 10. The van der Waals surface area contributed by atoms with Crippen molar-refractivity contribution in [1.82, 2.24) is 9.36 Å². The normalized spacial score (nSPS) is 17.0. The number of ether oxygens (including phenoxy) is 2. The van der Waals surface area contributed by atoms with Gasteiger partial charge in [-0.15, -0.1) is 0 Å². The van der Waals surface area contributed by atoms with E-state index in [1.165, 1.54) is 31.4 Å². The van der Waals surface area contributed by atoms with Gasteiger partial charge in [0.1, 0.15) is 5.82 Å². The third-order valence-corrected chi connectivity index (χ3v) is 6.93. The fourth-order valence-corrected chi connectivity index (χ4v) is 4.64. The molecule has 1 saturated heterocycles. The number of oxime groups is 1. The number of nitrogens with zero attached hydrogens (tertiary/aromatic N) is 3. The van der Waals surface area contributed by atoms with Gasteiger partial charge in [0.05, 0.1) is 23.9 Å². The van der Waals surface area contributed by atoms with Gasteiger partial charge in [-0.3, -0.25) is 10.1 Å². The minimum Gasteiger partial charge on any atom is -0.389 e. The molecule has 1 amide bonds. The molecule has 0 aliphatic carbocycles. The van der Waals surface area contributed by atoms with Crippen molar-refractivity contribution in [2.24, 2.45) is 5.16 Å². The number of aryl methyl sites for hydroxylation is 1. The van der Waals surface area contributed by atoms with Gasteiger partial charge in [-0.25, -0.2) is 13.4 Å². The van der Waals surface area contributed by atoms with Gasteiger partial charge >= 0.3 is 0 Å². The maximum atomic E-state index is 12.8. The molecular formula is C19H24N4O6S2. The third-order valence-electron chi connectivity index (χ3n) is 4.39. The van der Waals surface area contributed by atoms with E-state index in [2.05, 4.69) is 19.8 Å². The number of hydrogen-bond donors (Lipinski definition) is 1. The molecule has 1 atom stereocenters. The SMILES string of the molecule is COCCCS(=O)(=O)c1ccc(C(=NO[C@@H]2CCOC2)C(=O)Nc2nc(C)ns2)cc1. The second kappa shape index (κ2) is 10.8. The van der Waals surface area contributed by atoms with E-state index in [0.717, 1.165) is 11.5 Å². The Balaban J connectivity index is 1.80. The largest absolute Gasteiger partial charge is 0.389 e. The van der Waals surface area contributed by atoms with E-state index in [4.69, 9.17) is 14.3 Å². The molecule has 1 aliphatic rings. The summed E-state index contributed by atoms with van der Waals surface area (Å²) in [6.07, 6.45) is 0.827. The van der Waals surface area contributed by atoms with Crippen LogP contribution in [0.4, 0.5) is 5.13 Å². The number of rotatable bonds is 10. The first kappa shape index (κ1) is 23.3. The van der Waals surface area contributed by atoms with Gasteiger partial charge in [0.25, 0.3) is 5.91 Å². The molecule has 2 aromatic rings. The molecule has 2 heterocycles. The molecule has 12 heteroatoms. The summed E-state index contributed by atoms with van der Waals surface area (Å²) in [5.74, 6) is -0.0186. The number of carbonyl (C=O) groups excluding carboxylic acids is 1. The lowest BCUT2D eigenvalue weighted by Crippen LogP contribution is -2.25. The van der Waals surface area contributed by atoms with Crippen molar-refractivity contribution >= 4 is 38.1 Å². The Morgan fingerprint density at radius 3 is 2.74 bits per heavy atom. The van der Waals surface area contributed by atoms with Crippen LogP contribution in [0.25, 0.3) is 0 Å². The minimum absolute atomic E-state index is 0.00286. The van der Waals surface area contributed by atoms with E-state index in [1.54, 1.807) is 6.92 Å². The molecule has 31 heavy (non-hydrogen) atoms. The molecule has 0 bridgehead atoms. The Kier molecular flexibility index (Phi) is 8.07. The van der Waals surface area contributed by atoms with Crippen molar-refractivity contribution in [2.45, 2.75) is 30.8 Å². The Morgan fingerprint density at radius 2 is 2.13 bits per heavy atom. The Morgan fingerprint density at radius 1 is 1.35 bits per heavy atom. The number of amides is 1. The average Bonchev–Trinajstić information content (AvgIpc) is 3.40. The topological polar surface area (TPSA) is 129 Å². The second-order valence-corrected chi connectivity index (χ2v) is 9.68. The fourth-order valence-electron chi connectivity index (χ4n) is 2.78. The van der Waals surface area contributed by atoms with Crippen LogP contribution in [0.1, 0.15) is 24.2 Å². The summed E-state index contributed by atoms with van der Waals surface area (Å²) in [5.41, 5.74) is 0.413. The summed E-state index contributed by atoms with van der Waals surface area (Å²) in [7, 11) is -1.93. The van der Waals surface area contributed by atoms with Crippen LogP contribution >= 0.6 is 11.5 Å². The number of carbonyl (C=O) groups is 1. The average molecular weight is 469 g/mol. The van der Waals surface area contributed by atoms with E-state index in [0.29, 0.717) is 49.2 Å². The van der Waals surface area contributed by atoms with Crippen molar-refractivity contribution < 1.29 is 27.5 Å². The quantitative estimate of drug-likeness (QED) is 0.317. The van der Waals surface area contributed by atoms with Crippen molar-refractivity contribution in [3.63, 3.8) is 0 Å². The zero-order valence-electron chi connectivity index (χ0n) is 17.2. The summed E-state index contributed by atoms with van der Waals surface area (Å²) in [4.78, 5) is 22.6. The van der Waals surface area contributed by atoms with Crippen LogP contribution in [0, 0.1) is 6.92 Å². The van der Waals surface area contributed by atoms with Crippen molar-refractivity contribution in [1.29, 1.82) is 0 Å². The van der Waals surface area contributed by atoms with Crippen LogP contribution in [0.5, 0.6) is 0 Å². The predicted molar refractivity (Wildman–Crippen MR) is 115 cm³/mol. The molecule has 1 N–H and O–H groups in total. The molecule has 10 nitrogen and oxygen atoms in total. The van der Waals surface area contributed by atoms with Crippen LogP contribution in [-0.2, 0) is 28.9 Å². The maximum Gasteiger partial charge on any atom is 0.280 e. The number of anilines is 1. The van der Waals surface area contributed by atoms with E-state index in [9.17, 15) is 13.2 Å². The van der Waals surface area contributed by atoms with E-state index in [1.807, 2.05) is 0 Å². The summed E-state index contributed by atoms with van der Waals surface area (Å²) >= 11 is 1.05. The Labute approximate surface area is 184 Å². The maximum absolute atomic E-state index is 12.8. The molecule has 1 aliphatic heterocycles. The molecule has 1 aromatic heterocycles. The van der Waals surface area contributed by atoms with Crippen LogP contribution in [0.3, 0.4) is 0 Å². The van der Waals surface area contributed by atoms with Gasteiger partial charge in [0.2, 0.25) is 5.13 Å². The van der Waals surface area contributed by atoms with Crippen molar-refractivity contribution in [3.8, 4) is 0 Å². The molecule has 1 aromatic carbocycles. The van der Waals surface area contributed by atoms with Gasteiger partial charge in [-0.05, 0) is 25.5 Å². The van der Waals surface area contributed by atoms with Crippen molar-refractivity contribution in [2.75, 3.05) is 38.0 Å². The van der Waals surface area contributed by atoms with E-state index in [-0.39, 0.29) is 22.5 Å². The standard InChI is InChI=1S/C19H24N4O6S2/c1-13-20-19(30-23-13)21-18(24)17(22-29-15-8-10-28-12-15)14-4-6-16(7-5-14)31(25,26)11-3-9-27-2/h4-7,15H,3,8-12H2,1-2H3,(H,20,21,23,24)/t15-/m1/s1. The number of benzene rings is 1. The molecule has 0 saturated carbocycles. The minimum atomic E-state index is -3.45. The lowest BCUT2D eigenvalue weighted by molar-refractivity contribution is -0.110. The smallest absolute Gasteiger partial charge is 0.280 e. The highest BCUT2D eigenvalue weighted by Gasteiger charge is 2.22. The Hall–Kier alpha value is -2.41. The lowest BCUT2D eigenvalue weighted by atomic mass is 10.1.